The molecule has 2 nitrogen and oxygen atoms in total. The van der Waals surface area contributed by atoms with E-state index in [-0.39, 0.29) is 6.17 Å². The lowest BCUT2D eigenvalue weighted by Gasteiger charge is -2.31. The second kappa shape index (κ2) is 6.53. The summed E-state index contributed by atoms with van der Waals surface area (Å²) in [4.78, 5) is 4.91. The minimum atomic E-state index is 0.218. The summed E-state index contributed by atoms with van der Waals surface area (Å²) in [7, 11) is 0. The molecule has 1 aliphatic rings. The Morgan fingerprint density at radius 1 is 0.731 bits per heavy atom. The Kier molecular flexibility index (Phi) is 4.20. The van der Waals surface area contributed by atoms with Gasteiger partial charge in [0.05, 0.1) is 11.4 Å². The number of benzene rings is 3. The van der Waals surface area contributed by atoms with E-state index in [2.05, 4.69) is 110 Å². The first-order valence-electron chi connectivity index (χ1n) is 9.41. The van der Waals surface area contributed by atoms with Gasteiger partial charge in [-0.2, -0.15) is 0 Å². The molecule has 2 heteroatoms. The summed E-state index contributed by atoms with van der Waals surface area (Å²) in [5.41, 5.74) is 7.76. The Labute approximate surface area is 156 Å². The maximum absolute atomic E-state index is 2.48. The van der Waals surface area contributed by atoms with Crippen LogP contribution in [0.25, 0.3) is 0 Å². The second-order valence-corrected chi connectivity index (χ2v) is 7.40. The SMILES string of the molecule is Cc1ccccc1N1c2cc(C(C)C)ccc2N(c2ccccc2)C1C. The number of anilines is 4. The van der Waals surface area contributed by atoms with Gasteiger partial charge in [0.25, 0.3) is 0 Å². The number of rotatable bonds is 3. The fraction of sp³-hybridized carbons (Fsp3) is 0.250. The van der Waals surface area contributed by atoms with E-state index in [4.69, 9.17) is 0 Å². The molecule has 0 saturated carbocycles. The van der Waals surface area contributed by atoms with Gasteiger partial charge < -0.3 is 9.80 Å². The van der Waals surface area contributed by atoms with Crippen LogP contribution in [0, 0.1) is 6.92 Å². The van der Waals surface area contributed by atoms with Gasteiger partial charge in [0, 0.05) is 11.4 Å². The van der Waals surface area contributed by atoms with E-state index in [0.717, 1.165) is 0 Å². The highest BCUT2D eigenvalue weighted by Crippen LogP contribution is 2.48. The number of nitrogens with zero attached hydrogens (tertiary/aromatic N) is 2. The Bertz CT molecular complexity index is 915. The van der Waals surface area contributed by atoms with Crippen LogP contribution in [0.4, 0.5) is 22.7 Å². The van der Waals surface area contributed by atoms with Gasteiger partial charge in [0.15, 0.2) is 0 Å². The highest BCUT2D eigenvalue weighted by molar-refractivity contribution is 5.89. The molecule has 3 aromatic carbocycles. The normalized spacial score (nSPS) is 16.3. The largest absolute Gasteiger partial charge is 0.319 e. The number of aryl methyl sites for hydroxylation is 1. The van der Waals surface area contributed by atoms with Gasteiger partial charge in [-0.3, -0.25) is 0 Å². The number of fused-ring (bicyclic) bond motifs is 1. The monoisotopic (exact) mass is 342 g/mol. The van der Waals surface area contributed by atoms with Gasteiger partial charge in [0.2, 0.25) is 0 Å². The first kappa shape index (κ1) is 16.7. The summed E-state index contributed by atoms with van der Waals surface area (Å²) in [6.45, 7) is 8.99. The molecule has 1 aliphatic heterocycles. The zero-order valence-corrected chi connectivity index (χ0v) is 16.0. The van der Waals surface area contributed by atoms with Crippen LogP contribution >= 0.6 is 0 Å². The Morgan fingerprint density at radius 3 is 2.12 bits per heavy atom. The third-order valence-electron chi connectivity index (χ3n) is 5.34. The van der Waals surface area contributed by atoms with Crippen molar-refractivity contribution in [1.29, 1.82) is 0 Å². The first-order valence-corrected chi connectivity index (χ1v) is 9.41. The highest BCUT2D eigenvalue weighted by Gasteiger charge is 2.35. The number of para-hydroxylation sites is 2. The quantitative estimate of drug-likeness (QED) is 0.519. The maximum Gasteiger partial charge on any atom is 0.108 e. The molecule has 3 aromatic rings. The molecular weight excluding hydrogens is 316 g/mol. The smallest absolute Gasteiger partial charge is 0.108 e. The van der Waals surface area contributed by atoms with E-state index in [1.54, 1.807) is 0 Å². The van der Waals surface area contributed by atoms with E-state index in [1.165, 1.54) is 33.9 Å². The zero-order chi connectivity index (χ0) is 18.3. The van der Waals surface area contributed by atoms with Crippen molar-refractivity contribution < 1.29 is 0 Å². The molecule has 1 atom stereocenters. The molecule has 132 valence electrons. The van der Waals surface area contributed by atoms with Gasteiger partial charge in [-0.15, -0.1) is 0 Å². The summed E-state index contributed by atoms with van der Waals surface area (Å²) in [5.74, 6) is 0.514. The molecule has 0 amide bonds. The molecule has 0 bridgehead atoms. The van der Waals surface area contributed by atoms with Gasteiger partial charge in [-0.1, -0.05) is 56.3 Å². The van der Waals surface area contributed by atoms with Crippen molar-refractivity contribution in [2.24, 2.45) is 0 Å². The van der Waals surface area contributed by atoms with Crippen LogP contribution < -0.4 is 9.80 Å². The van der Waals surface area contributed by atoms with E-state index in [1.807, 2.05) is 0 Å². The highest BCUT2D eigenvalue weighted by atomic mass is 15.4. The summed E-state index contributed by atoms with van der Waals surface area (Å²) in [5, 5.41) is 0. The van der Waals surface area contributed by atoms with Crippen LogP contribution in [-0.4, -0.2) is 6.17 Å². The fourth-order valence-electron chi connectivity index (χ4n) is 3.92. The molecule has 0 fully saturated rings. The summed E-state index contributed by atoms with van der Waals surface area (Å²) < 4.78 is 0. The van der Waals surface area contributed by atoms with Crippen molar-refractivity contribution >= 4 is 22.7 Å². The average molecular weight is 342 g/mol. The van der Waals surface area contributed by atoms with Crippen molar-refractivity contribution in [3.8, 4) is 0 Å². The Hall–Kier alpha value is -2.74. The van der Waals surface area contributed by atoms with E-state index in [9.17, 15) is 0 Å². The third-order valence-corrected chi connectivity index (χ3v) is 5.34. The second-order valence-electron chi connectivity index (χ2n) is 7.40. The van der Waals surface area contributed by atoms with Gasteiger partial charge in [-0.05, 0) is 61.2 Å². The minimum Gasteiger partial charge on any atom is -0.319 e. The summed E-state index contributed by atoms with van der Waals surface area (Å²) >= 11 is 0. The van der Waals surface area contributed by atoms with Crippen molar-refractivity contribution in [1.82, 2.24) is 0 Å². The molecular formula is C24H26N2. The zero-order valence-electron chi connectivity index (χ0n) is 16.0. The lowest BCUT2D eigenvalue weighted by atomic mass is 10.0. The van der Waals surface area contributed by atoms with Crippen LogP contribution in [-0.2, 0) is 0 Å². The topological polar surface area (TPSA) is 6.48 Å². The molecule has 4 rings (SSSR count). The standard InChI is InChI=1S/C24H26N2/c1-17(2)20-14-15-23-24(16-20)26(22-13-9-8-10-18(22)3)19(4)25(23)21-11-6-5-7-12-21/h5-17,19H,1-4H3. The van der Waals surface area contributed by atoms with Crippen molar-refractivity contribution in [3.63, 3.8) is 0 Å². The van der Waals surface area contributed by atoms with Crippen LogP contribution in [0.3, 0.4) is 0 Å². The van der Waals surface area contributed by atoms with Gasteiger partial charge >= 0.3 is 0 Å². The molecule has 0 aliphatic carbocycles. The fourth-order valence-corrected chi connectivity index (χ4v) is 3.92. The minimum absolute atomic E-state index is 0.218. The molecule has 0 spiro atoms. The lowest BCUT2D eigenvalue weighted by Crippen LogP contribution is -2.35. The number of hydrogen-bond donors (Lipinski definition) is 0. The molecule has 0 radical (unpaired) electrons. The van der Waals surface area contributed by atoms with E-state index >= 15 is 0 Å². The molecule has 26 heavy (non-hydrogen) atoms. The molecule has 0 aromatic heterocycles. The van der Waals surface area contributed by atoms with Crippen molar-refractivity contribution in [2.75, 3.05) is 9.80 Å². The van der Waals surface area contributed by atoms with Gasteiger partial charge in [0.1, 0.15) is 6.17 Å². The Morgan fingerprint density at radius 2 is 1.42 bits per heavy atom. The predicted octanol–water partition coefficient (Wildman–Crippen LogP) is 6.75. The molecule has 0 N–H and O–H groups in total. The maximum atomic E-state index is 2.48. The van der Waals surface area contributed by atoms with Gasteiger partial charge in [-0.25, -0.2) is 0 Å². The Balaban J connectivity index is 1.92. The van der Waals surface area contributed by atoms with Crippen molar-refractivity contribution in [3.05, 3.63) is 83.9 Å². The average Bonchev–Trinajstić information content (AvgIpc) is 2.94. The molecule has 0 saturated heterocycles. The van der Waals surface area contributed by atoms with Crippen LogP contribution in [0.5, 0.6) is 0 Å². The molecule has 1 unspecified atom stereocenters. The van der Waals surface area contributed by atoms with Crippen LogP contribution in [0.15, 0.2) is 72.8 Å². The predicted molar refractivity (Wildman–Crippen MR) is 112 cm³/mol. The lowest BCUT2D eigenvalue weighted by molar-refractivity contribution is 0.759. The number of hydrogen-bond acceptors (Lipinski definition) is 2. The summed E-state index contributed by atoms with van der Waals surface area (Å²) in [6.07, 6.45) is 0.218. The third kappa shape index (κ3) is 2.66. The van der Waals surface area contributed by atoms with E-state index in [0.29, 0.717) is 5.92 Å². The summed E-state index contributed by atoms with van der Waals surface area (Å²) in [6, 6.07) is 26.3. The van der Waals surface area contributed by atoms with Crippen molar-refractivity contribution in [2.45, 2.75) is 39.8 Å². The molecule has 1 heterocycles. The first-order chi connectivity index (χ1) is 12.6. The van der Waals surface area contributed by atoms with Crippen LogP contribution in [0.1, 0.15) is 37.8 Å². The van der Waals surface area contributed by atoms with Crippen LogP contribution in [0.2, 0.25) is 0 Å². The van der Waals surface area contributed by atoms with E-state index < -0.39 is 0 Å².